The van der Waals surface area contributed by atoms with Crippen LogP contribution < -0.4 is 11.1 Å². The quantitative estimate of drug-likeness (QED) is 0.683. The van der Waals surface area contributed by atoms with E-state index in [0.717, 1.165) is 28.9 Å². The average molecular weight is 306 g/mol. The van der Waals surface area contributed by atoms with Crippen LogP contribution in [-0.4, -0.2) is 26.1 Å². The normalized spacial score (nSPS) is 12.3. The molecule has 0 saturated heterocycles. The Morgan fingerprint density at radius 2 is 2.00 bits per heavy atom. The van der Waals surface area contributed by atoms with Gasteiger partial charge in [0.05, 0.1) is 5.69 Å². The number of aryl methyl sites for hydroxylation is 1. The number of nitrogens with one attached hydrogen (secondary N) is 2. The number of aromatic amines is 1. The summed E-state index contributed by atoms with van der Waals surface area (Å²) in [6, 6.07) is 9.69. The molecule has 23 heavy (non-hydrogen) atoms. The van der Waals surface area contributed by atoms with Crippen LogP contribution in [0.25, 0.3) is 11.4 Å². The number of rotatable bonds is 3. The minimum Gasteiger partial charge on any atom is -0.364 e. The lowest BCUT2D eigenvalue weighted by molar-refractivity contribution is 0.0994. The predicted octanol–water partition coefficient (Wildman–Crippen LogP) is 1.81. The second-order valence-electron chi connectivity index (χ2n) is 5.35. The van der Waals surface area contributed by atoms with Gasteiger partial charge in [-0.05, 0) is 30.5 Å². The van der Waals surface area contributed by atoms with E-state index in [0.29, 0.717) is 23.8 Å². The maximum atomic E-state index is 11.5. The summed E-state index contributed by atoms with van der Waals surface area (Å²) in [5.41, 5.74) is 9.91. The zero-order valence-electron chi connectivity index (χ0n) is 12.2. The molecule has 7 nitrogen and oxygen atoms in total. The molecule has 1 amide bonds. The molecule has 7 heteroatoms. The van der Waals surface area contributed by atoms with Gasteiger partial charge in [-0.2, -0.15) is 5.10 Å². The zero-order chi connectivity index (χ0) is 15.8. The first-order chi connectivity index (χ1) is 11.2. The van der Waals surface area contributed by atoms with Gasteiger partial charge in [-0.25, -0.2) is 9.97 Å². The molecule has 2 heterocycles. The highest BCUT2D eigenvalue weighted by atomic mass is 16.1. The van der Waals surface area contributed by atoms with E-state index in [1.807, 2.05) is 30.3 Å². The number of aromatic nitrogens is 4. The number of anilines is 2. The monoisotopic (exact) mass is 306 g/mol. The van der Waals surface area contributed by atoms with Crippen molar-refractivity contribution in [3.8, 4) is 11.4 Å². The van der Waals surface area contributed by atoms with Crippen LogP contribution in [0.15, 0.2) is 36.5 Å². The molecule has 3 aromatic rings. The van der Waals surface area contributed by atoms with Gasteiger partial charge < -0.3 is 11.1 Å². The first-order valence-corrected chi connectivity index (χ1v) is 7.28. The third kappa shape index (κ3) is 2.32. The molecule has 0 spiro atoms. The van der Waals surface area contributed by atoms with Crippen LogP contribution in [0, 0.1) is 0 Å². The number of amides is 1. The van der Waals surface area contributed by atoms with Crippen LogP contribution in [0.1, 0.15) is 21.6 Å². The van der Waals surface area contributed by atoms with Gasteiger partial charge in [-0.1, -0.05) is 18.2 Å². The summed E-state index contributed by atoms with van der Waals surface area (Å²) in [4.78, 5) is 20.4. The molecular formula is C16H14N6O. The second kappa shape index (κ2) is 5.20. The van der Waals surface area contributed by atoms with E-state index >= 15 is 0 Å². The summed E-state index contributed by atoms with van der Waals surface area (Å²) < 4.78 is 0. The molecule has 1 aromatic carbocycles. The van der Waals surface area contributed by atoms with Crippen LogP contribution in [0.3, 0.4) is 0 Å². The zero-order valence-corrected chi connectivity index (χ0v) is 12.2. The molecule has 0 atom stereocenters. The molecule has 1 aliphatic carbocycles. The minimum atomic E-state index is -0.501. The summed E-state index contributed by atoms with van der Waals surface area (Å²) in [6.07, 6.45) is 3.26. The van der Waals surface area contributed by atoms with Crippen molar-refractivity contribution in [2.24, 2.45) is 5.73 Å². The Labute approximate surface area is 132 Å². The van der Waals surface area contributed by atoms with Gasteiger partial charge in [0.25, 0.3) is 5.91 Å². The molecule has 0 aliphatic heterocycles. The number of carbonyl (C=O) groups is 1. The Morgan fingerprint density at radius 1 is 1.17 bits per heavy atom. The third-order valence-electron chi connectivity index (χ3n) is 3.88. The molecule has 1 aliphatic rings. The van der Waals surface area contributed by atoms with Crippen molar-refractivity contribution in [2.75, 3.05) is 5.32 Å². The summed E-state index contributed by atoms with van der Waals surface area (Å²) in [6.45, 7) is 0. The van der Waals surface area contributed by atoms with Crippen LogP contribution in [0.4, 0.5) is 11.6 Å². The van der Waals surface area contributed by atoms with E-state index in [1.54, 1.807) is 6.20 Å². The Bertz CT molecular complexity index is 887. The van der Waals surface area contributed by atoms with E-state index < -0.39 is 5.91 Å². The number of fused-ring (bicyclic) bond motifs is 3. The van der Waals surface area contributed by atoms with E-state index in [2.05, 4.69) is 25.5 Å². The molecule has 2 aromatic heterocycles. The SMILES string of the molecule is NC(=O)c1[nH]nc2c1CCc1cnc(Nc3ccccc3)nc1-2. The van der Waals surface area contributed by atoms with E-state index in [4.69, 9.17) is 5.73 Å². The Kier molecular flexibility index (Phi) is 3.04. The summed E-state index contributed by atoms with van der Waals surface area (Å²) in [5, 5.41) is 10.1. The fourth-order valence-corrected chi connectivity index (χ4v) is 2.77. The predicted molar refractivity (Wildman–Crippen MR) is 85.3 cm³/mol. The maximum Gasteiger partial charge on any atom is 0.267 e. The molecule has 0 saturated carbocycles. The van der Waals surface area contributed by atoms with Crippen molar-refractivity contribution in [3.05, 3.63) is 53.3 Å². The lowest BCUT2D eigenvalue weighted by Gasteiger charge is -2.15. The standard InChI is InChI=1S/C16H14N6O/c17-15(23)14-11-7-6-9-8-18-16(19-10-4-2-1-3-5-10)20-12(9)13(11)21-22-14/h1-5,8H,6-7H2,(H2,17,23)(H,21,22)(H,18,19,20). The number of hydrogen-bond acceptors (Lipinski definition) is 5. The van der Waals surface area contributed by atoms with Gasteiger partial charge in [0, 0.05) is 17.4 Å². The molecule has 4 N–H and O–H groups in total. The number of benzene rings is 1. The Hall–Kier alpha value is -3.22. The van der Waals surface area contributed by atoms with Crippen molar-refractivity contribution in [2.45, 2.75) is 12.8 Å². The molecule has 0 unspecified atom stereocenters. The second-order valence-corrected chi connectivity index (χ2v) is 5.35. The number of hydrogen-bond donors (Lipinski definition) is 3. The topological polar surface area (TPSA) is 110 Å². The fourth-order valence-electron chi connectivity index (χ4n) is 2.77. The van der Waals surface area contributed by atoms with Gasteiger partial charge >= 0.3 is 0 Å². The average Bonchev–Trinajstić information content (AvgIpc) is 3.00. The highest BCUT2D eigenvalue weighted by Gasteiger charge is 2.26. The number of nitrogens with two attached hydrogens (primary N) is 1. The fraction of sp³-hybridized carbons (Fsp3) is 0.125. The number of carbonyl (C=O) groups excluding carboxylic acids is 1. The highest BCUT2D eigenvalue weighted by molar-refractivity contribution is 5.94. The molecule has 4 rings (SSSR count). The highest BCUT2D eigenvalue weighted by Crippen LogP contribution is 2.32. The summed E-state index contributed by atoms with van der Waals surface area (Å²) >= 11 is 0. The van der Waals surface area contributed by atoms with Gasteiger partial charge in [-0.3, -0.25) is 9.89 Å². The molecule has 0 bridgehead atoms. The van der Waals surface area contributed by atoms with Gasteiger partial charge in [0.1, 0.15) is 11.4 Å². The van der Waals surface area contributed by atoms with E-state index in [9.17, 15) is 4.79 Å². The van der Waals surface area contributed by atoms with Crippen molar-refractivity contribution in [1.29, 1.82) is 0 Å². The lowest BCUT2D eigenvalue weighted by atomic mass is 9.93. The Morgan fingerprint density at radius 3 is 2.78 bits per heavy atom. The first-order valence-electron chi connectivity index (χ1n) is 7.28. The smallest absolute Gasteiger partial charge is 0.267 e. The van der Waals surface area contributed by atoms with Crippen LogP contribution in [0.2, 0.25) is 0 Å². The van der Waals surface area contributed by atoms with Crippen molar-refractivity contribution >= 4 is 17.5 Å². The molecule has 0 radical (unpaired) electrons. The van der Waals surface area contributed by atoms with E-state index in [-0.39, 0.29) is 0 Å². The Balaban J connectivity index is 1.74. The van der Waals surface area contributed by atoms with Gasteiger partial charge in [0.2, 0.25) is 5.95 Å². The van der Waals surface area contributed by atoms with Crippen molar-refractivity contribution < 1.29 is 4.79 Å². The number of H-pyrrole nitrogens is 1. The third-order valence-corrected chi connectivity index (χ3v) is 3.88. The van der Waals surface area contributed by atoms with Gasteiger partial charge in [0.15, 0.2) is 0 Å². The first kappa shape index (κ1) is 13.4. The van der Waals surface area contributed by atoms with E-state index in [1.165, 1.54) is 0 Å². The maximum absolute atomic E-state index is 11.5. The van der Waals surface area contributed by atoms with Gasteiger partial charge in [-0.15, -0.1) is 0 Å². The molecular weight excluding hydrogens is 292 g/mol. The molecule has 0 fully saturated rings. The van der Waals surface area contributed by atoms with Crippen LogP contribution in [0.5, 0.6) is 0 Å². The van der Waals surface area contributed by atoms with Crippen molar-refractivity contribution in [3.63, 3.8) is 0 Å². The van der Waals surface area contributed by atoms with Crippen LogP contribution in [-0.2, 0) is 12.8 Å². The van der Waals surface area contributed by atoms with Crippen LogP contribution >= 0.6 is 0 Å². The molecule has 114 valence electrons. The summed E-state index contributed by atoms with van der Waals surface area (Å²) in [5.74, 6) is -0.00897. The number of para-hydroxylation sites is 1. The number of primary amides is 1. The number of nitrogens with zero attached hydrogens (tertiary/aromatic N) is 3. The largest absolute Gasteiger partial charge is 0.364 e. The minimum absolute atomic E-state index is 0.363. The lowest BCUT2D eigenvalue weighted by Crippen LogP contribution is -2.16. The van der Waals surface area contributed by atoms with Crippen molar-refractivity contribution in [1.82, 2.24) is 20.2 Å². The summed E-state index contributed by atoms with van der Waals surface area (Å²) in [7, 11) is 0.